The monoisotopic (exact) mass is 263 g/mol. The smallest absolute Gasteiger partial charge is 0.123 e. The van der Waals surface area contributed by atoms with E-state index in [9.17, 15) is 9.50 Å². The number of aliphatic hydroxyl groups excluding tert-OH is 1. The maximum atomic E-state index is 12.8. The average molecular weight is 263 g/mol. The Labute approximate surface area is 111 Å². The molecule has 2 atom stereocenters. The van der Waals surface area contributed by atoms with Gasteiger partial charge in [-0.1, -0.05) is 12.1 Å². The van der Waals surface area contributed by atoms with E-state index in [1.54, 1.807) is 24.7 Å². The summed E-state index contributed by atoms with van der Waals surface area (Å²) in [5.74, 6) is -0.294. The van der Waals surface area contributed by atoms with E-state index in [4.69, 9.17) is 0 Å². The van der Waals surface area contributed by atoms with Crippen molar-refractivity contribution >= 4 is 0 Å². The Kier molecular flexibility index (Phi) is 4.65. The number of nitrogens with one attached hydrogen (secondary N) is 1. The van der Waals surface area contributed by atoms with Crippen LogP contribution < -0.4 is 5.32 Å². The van der Waals surface area contributed by atoms with Gasteiger partial charge in [0.15, 0.2) is 0 Å². The highest BCUT2D eigenvalue weighted by Crippen LogP contribution is 2.12. The van der Waals surface area contributed by atoms with Crippen LogP contribution in [-0.4, -0.2) is 27.2 Å². The molecule has 0 saturated heterocycles. The quantitative estimate of drug-likeness (QED) is 0.834. The fourth-order valence-corrected chi connectivity index (χ4v) is 1.89. The van der Waals surface area contributed by atoms with Crippen LogP contribution in [0.1, 0.15) is 18.6 Å². The number of imidazole rings is 1. The predicted molar refractivity (Wildman–Crippen MR) is 71.1 cm³/mol. The Morgan fingerprint density at radius 3 is 2.74 bits per heavy atom. The first-order chi connectivity index (χ1) is 9.15. The largest absolute Gasteiger partial charge is 0.387 e. The van der Waals surface area contributed by atoms with Crippen LogP contribution in [0.2, 0.25) is 0 Å². The summed E-state index contributed by atoms with van der Waals surface area (Å²) in [6.45, 7) is 3.26. The molecule has 2 aromatic rings. The van der Waals surface area contributed by atoms with Crippen molar-refractivity contribution < 1.29 is 9.50 Å². The maximum Gasteiger partial charge on any atom is 0.123 e. The summed E-state index contributed by atoms with van der Waals surface area (Å²) in [6.07, 6.45) is 4.76. The van der Waals surface area contributed by atoms with Gasteiger partial charge < -0.3 is 15.0 Å². The van der Waals surface area contributed by atoms with E-state index < -0.39 is 6.10 Å². The molecule has 2 N–H and O–H groups in total. The van der Waals surface area contributed by atoms with Crippen LogP contribution in [0.15, 0.2) is 43.0 Å². The molecule has 0 aliphatic carbocycles. The Morgan fingerprint density at radius 2 is 2.11 bits per heavy atom. The van der Waals surface area contributed by atoms with E-state index in [0.29, 0.717) is 12.1 Å². The van der Waals surface area contributed by atoms with E-state index in [1.807, 2.05) is 17.7 Å². The van der Waals surface area contributed by atoms with Crippen molar-refractivity contribution in [2.45, 2.75) is 25.6 Å². The Bertz CT molecular complexity index is 484. The van der Waals surface area contributed by atoms with Gasteiger partial charge in [0.1, 0.15) is 5.82 Å². The molecule has 0 fully saturated rings. The third-order valence-corrected chi connectivity index (χ3v) is 2.96. The van der Waals surface area contributed by atoms with Crippen molar-refractivity contribution in [1.29, 1.82) is 0 Å². The van der Waals surface area contributed by atoms with Crippen LogP contribution in [0.25, 0.3) is 0 Å². The van der Waals surface area contributed by atoms with E-state index >= 15 is 0 Å². The fraction of sp³-hybridized carbons (Fsp3) is 0.357. The van der Waals surface area contributed by atoms with Gasteiger partial charge in [0.2, 0.25) is 0 Å². The average Bonchev–Trinajstić information content (AvgIpc) is 2.89. The molecule has 0 spiro atoms. The van der Waals surface area contributed by atoms with Crippen molar-refractivity contribution in [3.8, 4) is 0 Å². The van der Waals surface area contributed by atoms with Gasteiger partial charge in [0, 0.05) is 31.5 Å². The third-order valence-electron chi connectivity index (χ3n) is 2.96. The van der Waals surface area contributed by atoms with Crippen LogP contribution in [0, 0.1) is 5.82 Å². The molecule has 0 bridgehead atoms. The Hall–Kier alpha value is -1.72. The molecule has 0 radical (unpaired) electrons. The van der Waals surface area contributed by atoms with Crippen molar-refractivity contribution in [3.05, 3.63) is 54.4 Å². The first-order valence-electron chi connectivity index (χ1n) is 6.28. The van der Waals surface area contributed by atoms with E-state index in [0.717, 1.165) is 6.54 Å². The number of aromatic nitrogens is 2. The summed E-state index contributed by atoms with van der Waals surface area (Å²) < 4.78 is 14.7. The molecule has 0 aliphatic heterocycles. The van der Waals surface area contributed by atoms with Gasteiger partial charge in [-0.3, -0.25) is 0 Å². The standard InChI is InChI=1S/C14H18FN3O/c1-11(9-18-7-6-16-10-18)17-8-14(19)12-2-4-13(15)5-3-12/h2-7,10-11,14,17,19H,8-9H2,1H3. The molecule has 1 aromatic heterocycles. The minimum absolute atomic E-state index is 0.212. The highest BCUT2D eigenvalue weighted by atomic mass is 19.1. The molecule has 0 amide bonds. The molecular weight excluding hydrogens is 245 g/mol. The zero-order valence-corrected chi connectivity index (χ0v) is 10.8. The van der Waals surface area contributed by atoms with Crippen LogP contribution in [0.5, 0.6) is 0 Å². The van der Waals surface area contributed by atoms with Crippen LogP contribution in [-0.2, 0) is 6.54 Å². The lowest BCUT2D eigenvalue weighted by molar-refractivity contribution is 0.169. The first-order valence-corrected chi connectivity index (χ1v) is 6.28. The minimum atomic E-state index is -0.633. The number of aliphatic hydroxyl groups is 1. The van der Waals surface area contributed by atoms with Gasteiger partial charge in [0.05, 0.1) is 12.4 Å². The lowest BCUT2D eigenvalue weighted by Crippen LogP contribution is -2.33. The normalized spacial score (nSPS) is 14.3. The second-order valence-electron chi connectivity index (χ2n) is 4.64. The van der Waals surface area contributed by atoms with Gasteiger partial charge in [-0.25, -0.2) is 9.37 Å². The van der Waals surface area contributed by atoms with Gasteiger partial charge in [-0.05, 0) is 24.6 Å². The zero-order valence-electron chi connectivity index (χ0n) is 10.8. The Morgan fingerprint density at radius 1 is 1.37 bits per heavy atom. The highest BCUT2D eigenvalue weighted by molar-refractivity contribution is 5.18. The second-order valence-corrected chi connectivity index (χ2v) is 4.64. The zero-order chi connectivity index (χ0) is 13.7. The molecule has 4 nitrogen and oxygen atoms in total. The number of benzene rings is 1. The van der Waals surface area contributed by atoms with Crippen molar-refractivity contribution in [2.24, 2.45) is 0 Å². The number of nitrogens with zero attached hydrogens (tertiary/aromatic N) is 2. The number of halogens is 1. The first kappa shape index (κ1) is 13.7. The third kappa shape index (κ3) is 4.15. The minimum Gasteiger partial charge on any atom is -0.387 e. The van der Waals surface area contributed by atoms with E-state index in [-0.39, 0.29) is 11.9 Å². The van der Waals surface area contributed by atoms with Crippen LogP contribution in [0.3, 0.4) is 0 Å². The van der Waals surface area contributed by atoms with E-state index in [2.05, 4.69) is 10.3 Å². The lowest BCUT2D eigenvalue weighted by atomic mass is 10.1. The molecule has 1 heterocycles. The molecule has 2 unspecified atom stereocenters. The Balaban J connectivity index is 1.79. The molecule has 0 aliphatic rings. The molecule has 5 heteroatoms. The van der Waals surface area contributed by atoms with Crippen molar-refractivity contribution in [1.82, 2.24) is 14.9 Å². The van der Waals surface area contributed by atoms with Crippen molar-refractivity contribution in [3.63, 3.8) is 0 Å². The second kappa shape index (κ2) is 6.45. The summed E-state index contributed by atoms with van der Waals surface area (Å²) in [5.41, 5.74) is 0.712. The van der Waals surface area contributed by atoms with Gasteiger partial charge in [0.25, 0.3) is 0 Å². The summed E-state index contributed by atoms with van der Waals surface area (Å²) in [7, 11) is 0. The summed E-state index contributed by atoms with van der Waals surface area (Å²) in [4.78, 5) is 3.98. The summed E-state index contributed by atoms with van der Waals surface area (Å²) in [6, 6.07) is 6.12. The van der Waals surface area contributed by atoms with Crippen LogP contribution in [0.4, 0.5) is 4.39 Å². The molecule has 0 saturated carbocycles. The summed E-state index contributed by atoms with van der Waals surface area (Å²) in [5, 5.41) is 13.2. The van der Waals surface area contributed by atoms with Gasteiger partial charge >= 0.3 is 0 Å². The SMILES string of the molecule is CC(Cn1ccnc1)NCC(O)c1ccc(F)cc1. The summed E-state index contributed by atoms with van der Waals surface area (Å²) >= 11 is 0. The topological polar surface area (TPSA) is 50.1 Å². The van der Waals surface area contributed by atoms with Gasteiger partial charge in [-0.2, -0.15) is 0 Å². The molecule has 2 rings (SSSR count). The molecule has 1 aromatic carbocycles. The van der Waals surface area contributed by atoms with Crippen molar-refractivity contribution in [2.75, 3.05) is 6.54 Å². The number of hydrogen-bond donors (Lipinski definition) is 2. The lowest BCUT2D eigenvalue weighted by Gasteiger charge is -2.17. The van der Waals surface area contributed by atoms with Gasteiger partial charge in [-0.15, -0.1) is 0 Å². The maximum absolute atomic E-state index is 12.8. The van der Waals surface area contributed by atoms with Crippen LogP contribution >= 0.6 is 0 Å². The molecule has 102 valence electrons. The number of rotatable bonds is 6. The fourth-order valence-electron chi connectivity index (χ4n) is 1.89. The molecular formula is C14H18FN3O. The predicted octanol–water partition coefficient (Wildman–Crippen LogP) is 1.73. The highest BCUT2D eigenvalue weighted by Gasteiger charge is 2.09. The molecule has 19 heavy (non-hydrogen) atoms. The number of hydrogen-bond acceptors (Lipinski definition) is 3. The van der Waals surface area contributed by atoms with E-state index in [1.165, 1.54) is 12.1 Å².